The van der Waals surface area contributed by atoms with Crippen molar-refractivity contribution in [2.75, 3.05) is 7.05 Å². The fourth-order valence-electron chi connectivity index (χ4n) is 2.66. The second-order valence-electron chi connectivity index (χ2n) is 5.18. The summed E-state index contributed by atoms with van der Waals surface area (Å²) < 4.78 is 13.9. The zero-order valence-corrected chi connectivity index (χ0v) is 12.1. The average molecular weight is 316 g/mol. The van der Waals surface area contributed by atoms with Crippen LogP contribution in [-0.4, -0.2) is 23.8 Å². The highest BCUT2D eigenvalue weighted by Crippen LogP contribution is 2.33. The van der Waals surface area contributed by atoms with E-state index >= 15 is 0 Å². The molecular weight excluding hydrogens is 297 g/mol. The first kappa shape index (κ1) is 14.0. The van der Waals surface area contributed by atoms with Gasteiger partial charge in [-0.1, -0.05) is 12.1 Å². The maximum atomic E-state index is 13.4. The average Bonchev–Trinajstić information content (AvgIpc) is 2.36. The first-order chi connectivity index (χ1) is 8.54. The van der Waals surface area contributed by atoms with Crippen LogP contribution in [-0.2, 0) is 6.42 Å². The van der Waals surface area contributed by atoms with Gasteiger partial charge >= 0.3 is 0 Å². The molecule has 0 atom stereocenters. The Morgan fingerprint density at radius 2 is 2.11 bits per heavy atom. The molecule has 18 heavy (non-hydrogen) atoms. The standard InChI is InChI=1S/C14H19BrFNO/c1-17-11-5-7-14(18,8-6-11)9-10-3-2-4-12(16)13(10)15/h2-4,11,17-18H,5-9H2,1H3. The Morgan fingerprint density at radius 1 is 1.44 bits per heavy atom. The van der Waals surface area contributed by atoms with Crippen LogP contribution in [0.15, 0.2) is 22.7 Å². The van der Waals surface area contributed by atoms with E-state index in [0.717, 1.165) is 31.2 Å². The molecule has 0 bridgehead atoms. The highest BCUT2D eigenvalue weighted by molar-refractivity contribution is 9.10. The summed E-state index contributed by atoms with van der Waals surface area (Å²) in [6.07, 6.45) is 3.99. The van der Waals surface area contributed by atoms with E-state index in [4.69, 9.17) is 0 Å². The molecule has 1 aromatic carbocycles. The highest BCUT2D eigenvalue weighted by atomic mass is 79.9. The van der Waals surface area contributed by atoms with E-state index in [9.17, 15) is 9.50 Å². The number of benzene rings is 1. The molecule has 4 heteroatoms. The Bertz CT molecular complexity index is 416. The predicted molar refractivity (Wildman–Crippen MR) is 74.1 cm³/mol. The molecule has 0 amide bonds. The van der Waals surface area contributed by atoms with Gasteiger partial charge in [-0.05, 0) is 60.3 Å². The molecule has 1 aliphatic carbocycles. The second-order valence-corrected chi connectivity index (χ2v) is 5.97. The minimum atomic E-state index is -0.691. The van der Waals surface area contributed by atoms with Gasteiger partial charge in [0, 0.05) is 12.5 Å². The summed E-state index contributed by atoms with van der Waals surface area (Å²) in [4.78, 5) is 0. The minimum Gasteiger partial charge on any atom is -0.390 e. The third kappa shape index (κ3) is 3.11. The summed E-state index contributed by atoms with van der Waals surface area (Å²) in [5.74, 6) is -0.264. The van der Waals surface area contributed by atoms with E-state index in [-0.39, 0.29) is 5.82 Å². The van der Waals surface area contributed by atoms with Gasteiger partial charge in [0.2, 0.25) is 0 Å². The van der Waals surface area contributed by atoms with Crippen LogP contribution in [0, 0.1) is 5.82 Å². The lowest BCUT2D eigenvalue weighted by molar-refractivity contribution is -0.00260. The first-order valence-electron chi connectivity index (χ1n) is 6.36. The number of halogens is 2. The van der Waals surface area contributed by atoms with Crippen molar-refractivity contribution >= 4 is 15.9 Å². The highest BCUT2D eigenvalue weighted by Gasteiger charge is 2.33. The Hall–Kier alpha value is -0.450. The van der Waals surface area contributed by atoms with Crippen LogP contribution < -0.4 is 5.32 Å². The molecule has 2 nitrogen and oxygen atoms in total. The summed E-state index contributed by atoms with van der Waals surface area (Å²) in [5.41, 5.74) is 0.157. The largest absolute Gasteiger partial charge is 0.390 e. The van der Waals surface area contributed by atoms with Crippen LogP contribution in [0.4, 0.5) is 4.39 Å². The second kappa shape index (κ2) is 5.68. The number of nitrogens with one attached hydrogen (secondary N) is 1. The molecule has 0 saturated heterocycles. The van der Waals surface area contributed by atoms with Crippen molar-refractivity contribution in [1.29, 1.82) is 0 Å². The van der Waals surface area contributed by atoms with Crippen LogP contribution >= 0.6 is 15.9 Å². The molecule has 0 radical (unpaired) electrons. The zero-order valence-electron chi connectivity index (χ0n) is 10.5. The summed E-state index contributed by atoms with van der Waals surface area (Å²) in [5, 5.41) is 13.8. The van der Waals surface area contributed by atoms with Gasteiger partial charge in [-0.25, -0.2) is 4.39 Å². The summed E-state index contributed by atoms with van der Waals surface area (Å²) in [7, 11) is 1.96. The maximum absolute atomic E-state index is 13.4. The van der Waals surface area contributed by atoms with Crippen LogP contribution in [0.3, 0.4) is 0 Å². The molecule has 0 aliphatic heterocycles. The molecule has 100 valence electrons. The van der Waals surface area contributed by atoms with E-state index in [2.05, 4.69) is 21.2 Å². The minimum absolute atomic E-state index is 0.264. The third-order valence-electron chi connectivity index (χ3n) is 3.88. The summed E-state index contributed by atoms with van der Waals surface area (Å²) in [6.45, 7) is 0. The van der Waals surface area contributed by atoms with E-state index < -0.39 is 5.60 Å². The quantitative estimate of drug-likeness (QED) is 0.898. The Kier molecular flexibility index (Phi) is 4.41. The Balaban J connectivity index is 2.07. The van der Waals surface area contributed by atoms with E-state index in [0.29, 0.717) is 16.9 Å². The number of hydrogen-bond acceptors (Lipinski definition) is 2. The van der Waals surface area contributed by atoms with Crippen molar-refractivity contribution < 1.29 is 9.50 Å². The van der Waals surface area contributed by atoms with Crippen molar-refractivity contribution in [3.63, 3.8) is 0 Å². The topological polar surface area (TPSA) is 32.3 Å². The van der Waals surface area contributed by atoms with E-state index in [1.165, 1.54) is 6.07 Å². The van der Waals surface area contributed by atoms with Gasteiger partial charge in [0.15, 0.2) is 0 Å². The van der Waals surface area contributed by atoms with Gasteiger partial charge in [-0.3, -0.25) is 0 Å². The Labute approximate surface area is 116 Å². The van der Waals surface area contributed by atoms with Crippen molar-refractivity contribution in [1.82, 2.24) is 5.32 Å². The van der Waals surface area contributed by atoms with Gasteiger partial charge in [0.05, 0.1) is 10.1 Å². The van der Waals surface area contributed by atoms with E-state index in [1.54, 1.807) is 6.07 Å². The van der Waals surface area contributed by atoms with Crippen LogP contribution in [0.5, 0.6) is 0 Å². The molecule has 0 heterocycles. The third-order valence-corrected chi connectivity index (χ3v) is 4.76. The van der Waals surface area contributed by atoms with Gasteiger partial charge < -0.3 is 10.4 Å². The molecule has 2 rings (SSSR count). The van der Waals surface area contributed by atoms with Crippen LogP contribution in [0.1, 0.15) is 31.2 Å². The fourth-order valence-corrected chi connectivity index (χ4v) is 3.06. The Morgan fingerprint density at radius 3 is 2.72 bits per heavy atom. The first-order valence-corrected chi connectivity index (χ1v) is 7.16. The summed E-state index contributed by atoms with van der Waals surface area (Å²) >= 11 is 3.26. The normalized spacial score (nSPS) is 28.3. The predicted octanol–water partition coefficient (Wildman–Crippen LogP) is 3.02. The molecule has 2 N–H and O–H groups in total. The van der Waals surface area contributed by atoms with Crippen LogP contribution in [0.2, 0.25) is 0 Å². The smallest absolute Gasteiger partial charge is 0.137 e. The van der Waals surface area contributed by atoms with Crippen molar-refractivity contribution in [2.45, 2.75) is 43.7 Å². The van der Waals surface area contributed by atoms with Crippen molar-refractivity contribution in [2.24, 2.45) is 0 Å². The number of hydrogen-bond donors (Lipinski definition) is 2. The lowest BCUT2D eigenvalue weighted by Gasteiger charge is -2.36. The molecule has 1 aliphatic rings. The monoisotopic (exact) mass is 315 g/mol. The maximum Gasteiger partial charge on any atom is 0.137 e. The number of aliphatic hydroxyl groups is 1. The van der Waals surface area contributed by atoms with Gasteiger partial charge in [-0.2, -0.15) is 0 Å². The van der Waals surface area contributed by atoms with Gasteiger partial charge in [0.25, 0.3) is 0 Å². The van der Waals surface area contributed by atoms with Gasteiger partial charge in [0.1, 0.15) is 5.82 Å². The lowest BCUT2D eigenvalue weighted by Crippen LogP contribution is -2.41. The fraction of sp³-hybridized carbons (Fsp3) is 0.571. The van der Waals surface area contributed by atoms with Crippen LogP contribution in [0.25, 0.3) is 0 Å². The summed E-state index contributed by atoms with van der Waals surface area (Å²) in [6, 6.07) is 5.49. The molecular formula is C14H19BrFNO. The van der Waals surface area contributed by atoms with Crippen molar-refractivity contribution in [3.05, 3.63) is 34.1 Å². The molecule has 0 spiro atoms. The number of rotatable bonds is 3. The lowest BCUT2D eigenvalue weighted by atomic mass is 9.78. The molecule has 0 aromatic heterocycles. The van der Waals surface area contributed by atoms with Crippen molar-refractivity contribution in [3.8, 4) is 0 Å². The zero-order chi connectivity index (χ0) is 13.2. The molecule has 1 saturated carbocycles. The van der Waals surface area contributed by atoms with Gasteiger partial charge in [-0.15, -0.1) is 0 Å². The molecule has 1 fully saturated rings. The SMILES string of the molecule is CNC1CCC(O)(Cc2cccc(F)c2Br)CC1. The molecule has 0 unspecified atom stereocenters. The van der Waals surface area contributed by atoms with E-state index in [1.807, 2.05) is 13.1 Å². The molecule has 1 aromatic rings.